The van der Waals surface area contributed by atoms with Crippen LogP contribution in [-0.2, 0) is 10.0 Å². The van der Waals surface area contributed by atoms with Crippen molar-refractivity contribution in [2.45, 2.75) is 31.0 Å². The van der Waals surface area contributed by atoms with E-state index < -0.39 is 27.1 Å². The third kappa shape index (κ3) is 3.68. The van der Waals surface area contributed by atoms with Crippen molar-refractivity contribution in [1.82, 2.24) is 19.3 Å². The van der Waals surface area contributed by atoms with Crippen LogP contribution >= 0.6 is 0 Å². The number of rotatable bonds is 5. The van der Waals surface area contributed by atoms with Gasteiger partial charge in [-0.15, -0.1) is 0 Å². The Labute approximate surface area is 181 Å². The zero-order chi connectivity index (χ0) is 23.3. The van der Waals surface area contributed by atoms with E-state index in [1.54, 1.807) is 10.9 Å². The molecule has 1 atom stereocenters. The molecule has 11 heteroatoms. The molecular weight excluding hydrogens is 443 g/mol. The Morgan fingerprint density at radius 2 is 1.94 bits per heavy atom. The normalized spacial score (nSPS) is 14.7. The number of allylic oxidation sites excluding steroid dienone is 4. The van der Waals surface area contributed by atoms with Crippen molar-refractivity contribution in [1.29, 1.82) is 5.26 Å². The van der Waals surface area contributed by atoms with Gasteiger partial charge in [0.1, 0.15) is 17.0 Å². The van der Waals surface area contributed by atoms with Crippen molar-refractivity contribution in [2.75, 3.05) is 0 Å². The third-order valence-electron chi connectivity index (χ3n) is 5.01. The van der Waals surface area contributed by atoms with Gasteiger partial charge in [0.05, 0.1) is 22.5 Å². The maximum absolute atomic E-state index is 12.8. The molecule has 7 nitrogen and oxygen atoms in total. The standard InChI is InChI=1S/C21H16F3N5O2S/c1-12-8-19-17(11-26-12)16(9-25)20(29(19)14-4-3-5-14)18-7-6-15(10-27-18)32(30,31)28-13(2)21(22,23)24/h3-8,10-11,13,28H,1-2H3. The highest BCUT2D eigenvalue weighted by Gasteiger charge is 2.39. The van der Waals surface area contributed by atoms with E-state index in [1.165, 1.54) is 6.07 Å². The molecule has 0 aromatic carbocycles. The molecule has 0 saturated heterocycles. The van der Waals surface area contributed by atoms with E-state index in [2.05, 4.69) is 16.0 Å². The Kier molecular flexibility index (Phi) is 5.15. The summed E-state index contributed by atoms with van der Waals surface area (Å²) in [7, 11) is -4.44. The zero-order valence-corrected chi connectivity index (χ0v) is 17.7. The fourth-order valence-corrected chi connectivity index (χ4v) is 4.46. The molecule has 1 aliphatic carbocycles. The van der Waals surface area contributed by atoms with Crippen molar-refractivity contribution >= 4 is 26.6 Å². The first kappa shape index (κ1) is 21.7. The number of hydrogen-bond donors (Lipinski definition) is 1. The quantitative estimate of drug-likeness (QED) is 0.623. The highest BCUT2D eigenvalue weighted by atomic mass is 32.2. The maximum atomic E-state index is 12.8. The highest BCUT2D eigenvalue weighted by molar-refractivity contribution is 7.89. The number of halogens is 3. The van der Waals surface area contributed by atoms with Crippen LogP contribution in [0.15, 0.2) is 53.7 Å². The van der Waals surface area contributed by atoms with E-state index in [1.807, 2.05) is 35.8 Å². The van der Waals surface area contributed by atoms with Gasteiger partial charge in [-0.3, -0.25) is 9.97 Å². The summed E-state index contributed by atoms with van der Waals surface area (Å²) in [5, 5.41) is 10.4. The van der Waals surface area contributed by atoms with Crippen molar-refractivity contribution in [2.24, 2.45) is 0 Å². The molecule has 1 N–H and O–H groups in total. The number of fused-ring (bicyclic) bond motifs is 1. The summed E-state index contributed by atoms with van der Waals surface area (Å²) in [6.07, 6.45) is 3.37. The number of aromatic nitrogens is 3. The minimum Gasteiger partial charge on any atom is -0.306 e. The Balaban J connectivity index is 1.82. The van der Waals surface area contributed by atoms with Gasteiger partial charge in [-0.05, 0) is 44.2 Å². The first-order chi connectivity index (χ1) is 15.0. The largest absolute Gasteiger partial charge is 0.404 e. The summed E-state index contributed by atoms with van der Waals surface area (Å²) >= 11 is 0. The first-order valence-corrected chi connectivity index (χ1v) is 10.9. The second kappa shape index (κ2) is 7.58. The van der Waals surface area contributed by atoms with Crippen LogP contribution in [0.1, 0.15) is 18.2 Å². The molecule has 1 aliphatic rings. The van der Waals surface area contributed by atoms with Gasteiger partial charge in [0.2, 0.25) is 10.0 Å². The summed E-state index contributed by atoms with van der Waals surface area (Å²) in [5.74, 6) is 0. The van der Waals surface area contributed by atoms with E-state index >= 15 is 0 Å². The van der Waals surface area contributed by atoms with E-state index in [4.69, 9.17) is 0 Å². The fraction of sp³-hybridized carbons (Fsp3) is 0.190. The van der Waals surface area contributed by atoms with Crippen LogP contribution in [0, 0.1) is 18.3 Å². The Morgan fingerprint density at radius 1 is 1.22 bits per heavy atom. The van der Waals surface area contributed by atoms with Crippen LogP contribution < -0.4 is 4.72 Å². The second-order valence-electron chi connectivity index (χ2n) is 7.23. The minimum absolute atomic E-state index is 0.291. The molecule has 3 heterocycles. The lowest BCUT2D eigenvalue weighted by Crippen LogP contribution is -2.42. The lowest BCUT2D eigenvalue weighted by Gasteiger charge is -2.17. The number of nitrogens with zero attached hydrogens (tertiary/aromatic N) is 4. The molecule has 0 radical (unpaired) electrons. The van der Waals surface area contributed by atoms with Gasteiger partial charge < -0.3 is 4.57 Å². The first-order valence-electron chi connectivity index (χ1n) is 9.38. The lowest BCUT2D eigenvalue weighted by molar-refractivity contribution is -0.147. The number of nitriles is 1. The Morgan fingerprint density at radius 3 is 2.47 bits per heavy atom. The van der Waals surface area contributed by atoms with E-state index in [0.717, 1.165) is 29.2 Å². The van der Waals surface area contributed by atoms with Crippen molar-refractivity contribution in [3.05, 3.63) is 60.1 Å². The van der Waals surface area contributed by atoms with Crippen molar-refractivity contribution < 1.29 is 21.6 Å². The van der Waals surface area contributed by atoms with Crippen LogP contribution in [0.2, 0.25) is 0 Å². The predicted octanol–water partition coefficient (Wildman–Crippen LogP) is 3.92. The van der Waals surface area contributed by atoms with Gasteiger partial charge in [-0.25, -0.2) is 8.42 Å². The monoisotopic (exact) mass is 459 g/mol. The minimum atomic E-state index is -4.72. The molecule has 164 valence electrons. The summed E-state index contributed by atoms with van der Waals surface area (Å²) < 4.78 is 66.4. The zero-order valence-electron chi connectivity index (χ0n) is 16.8. The molecule has 0 fully saturated rings. The molecule has 0 amide bonds. The van der Waals surface area contributed by atoms with Gasteiger partial charge in [-0.2, -0.15) is 23.2 Å². The van der Waals surface area contributed by atoms with E-state index in [-0.39, 0.29) is 0 Å². The molecule has 32 heavy (non-hydrogen) atoms. The maximum Gasteiger partial charge on any atom is 0.404 e. The van der Waals surface area contributed by atoms with Crippen LogP contribution in [-0.4, -0.2) is 35.2 Å². The number of pyridine rings is 2. The number of aryl methyl sites for hydroxylation is 1. The molecule has 0 bridgehead atoms. The predicted molar refractivity (Wildman–Crippen MR) is 112 cm³/mol. The van der Waals surface area contributed by atoms with Gasteiger partial charge in [-0.1, -0.05) is 6.08 Å². The second-order valence-corrected chi connectivity index (χ2v) is 8.94. The molecule has 3 aromatic heterocycles. The average molecular weight is 459 g/mol. The molecule has 1 unspecified atom stereocenters. The lowest BCUT2D eigenvalue weighted by atomic mass is 10.1. The Hall–Kier alpha value is -3.49. The van der Waals surface area contributed by atoms with E-state index in [0.29, 0.717) is 29.3 Å². The number of sulfonamides is 1. The molecule has 3 aromatic rings. The van der Waals surface area contributed by atoms with Gasteiger partial charge in [0, 0.05) is 29.2 Å². The molecule has 0 saturated carbocycles. The number of hydrogen-bond acceptors (Lipinski definition) is 5. The summed E-state index contributed by atoms with van der Waals surface area (Å²) in [6.45, 7) is 2.53. The van der Waals surface area contributed by atoms with Crippen molar-refractivity contribution in [3.8, 4) is 17.5 Å². The topological polar surface area (TPSA) is 101 Å². The van der Waals surface area contributed by atoms with Crippen LogP contribution in [0.25, 0.3) is 28.0 Å². The molecule has 0 aliphatic heterocycles. The summed E-state index contributed by atoms with van der Waals surface area (Å²) in [4.78, 5) is 8.01. The average Bonchev–Trinajstić information content (AvgIpc) is 2.99. The molecular formula is C21H16F3N5O2S. The highest BCUT2D eigenvalue weighted by Crippen LogP contribution is 2.37. The summed E-state index contributed by atoms with van der Waals surface area (Å²) in [6, 6.07) is 4.25. The fourth-order valence-electron chi connectivity index (χ4n) is 3.29. The van der Waals surface area contributed by atoms with Crippen molar-refractivity contribution in [3.63, 3.8) is 0 Å². The summed E-state index contributed by atoms with van der Waals surface area (Å²) in [5.41, 5.74) is 3.32. The molecule has 0 spiro atoms. The third-order valence-corrected chi connectivity index (χ3v) is 6.53. The van der Waals surface area contributed by atoms with Crippen LogP contribution in [0.3, 0.4) is 0 Å². The SMILES string of the molecule is Cc1cc2c(cn1)c(C#N)c(-c1ccc(S(=O)(=O)NC(C)C(F)(F)F)cn1)n2C1=CC=C1. The van der Waals surface area contributed by atoms with Gasteiger partial charge in [0.25, 0.3) is 0 Å². The van der Waals surface area contributed by atoms with Gasteiger partial charge >= 0.3 is 6.18 Å². The van der Waals surface area contributed by atoms with Gasteiger partial charge in [0.15, 0.2) is 0 Å². The Bertz CT molecular complexity index is 1430. The van der Waals surface area contributed by atoms with Crippen LogP contribution in [0.5, 0.6) is 0 Å². The number of alkyl halides is 3. The molecule has 4 rings (SSSR count). The van der Waals surface area contributed by atoms with Crippen LogP contribution in [0.4, 0.5) is 13.2 Å². The van der Waals surface area contributed by atoms with E-state index in [9.17, 15) is 26.9 Å². The number of nitrogens with one attached hydrogen (secondary N) is 1. The smallest absolute Gasteiger partial charge is 0.306 e.